The van der Waals surface area contributed by atoms with Gasteiger partial charge in [0.05, 0.1) is 12.4 Å². The molecule has 0 aliphatic carbocycles. The summed E-state index contributed by atoms with van der Waals surface area (Å²) in [6, 6.07) is 31.4. The van der Waals surface area contributed by atoms with Crippen LogP contribution in [0, 0.1) is 5.92 Å². The van der Waals surface area contributed by atoms with E-state index in [4.69, 9.17) is 17.2 Å². The Hall–Kier alpha value is -8.77. The molecule has 1 saturated heterocycles. The van der Waals surface area contributed by atoms with E-state index in [-0.39, 0.29) is 43.6 Å². The summed E-state index contributed by atoms with van der Waals surface area (Å²) < 4.78 is 0. The van der Waals surface area contributed by atoms with Crippen LogP contribution in [0.3, 0.4) is 0 Å². The van der Waals surface area contributed by atoms with E-state index in [0.29, 0.717) is 36.2 Å². The van der Waals surface area contributed by atoms with Crippen molar-refractivity contribution in [3.63, 3.8) is 0 Å². The van der Waals surface area contributed by atoms with Gasteiger partial charge in [-0.1, -0.05) is 163 Å². The number of imidazole rings is 1. The van der Waals surface area contributed by atoms with Gasteiger partial charge in [0.15, 0.2) is 0 Å². The van der Waals surface area contributed by atoms with Crippen LogP contribution in [0.4, 0.5) is 0 Å². The molecule has 1 fully saturated rings. The lowest BCUT2D eigenvalue weighted by Crippen LogP contribution is -2.61. The van der Waals surface area contributed by atoms with E-state index >= 15 is 0 Å². The molecule has 0 unspecified atom stereocenters. The SMILES string of the molecule is CC(C)[C@@H]1NC(=O)[C@@H](CCCCN)NC(=O)[C@H](Cc2c[nH]c3ccccc23)NC(=O)[C@@H](Cc2cnc[nH]2)NC(=O)[C@H](NC(=O)[C@@H](N)Cc2cccc(-c3ccccc3)c2)CSSC[C@@H](C(=O)N[C@@H](Cc2cccc(-c3ccccc3)c2)C(N)=O)NC1=O. The van der Waals surface area contributed by atoms with Crippen LogP contribution >= 0.6 is 21.6 Å². The minimum atomic E-state index is -1.38. The normalized spacial score (nSPS) is 20.0. The third kappa shape index (κ3) is 18.4. The highest BCUT2D eigenvalue weighted by Crippen LogP contribution is 2.26. The summed E-state index contributed by atoms with van der Waals surface area (Å²) in [7, 11) is 2.15. The van der Waals surface area contributed by atoms with Crippen molar-refractivity contribution >= 4 is 79.7 Å². The number of amides is 8. The number of benzene rings is 5. The fourth-order valence-electron chi connectivity index (χ4n) is 10.2. The lowest BCUT2D eigenvalue weighted by molar-refractivity contribution is -0.136. The second-order valence-electron chi connectivity index (χ2n) is 21.8. The van der Waals surface area contributed by atoms with Gasteiger partial charge in [0, 0.05) is 59.8 Å². The number of H-pyrrole nitrogens is 2. The van der Waals surface area contributed by atoms with Crippen molar-refractivity contribution in [2.24, 2.45) is 23.1 Å². The number of primary amides is 1. The molecule has 87 heavy (non-hydrogen) atoms. The topological polar surface area (TPSA) is 343 Å². The zero-order valence-corrected chi connectivity index (χ0v) is 50.1. The van der Waals surface area contributed by atoms with Crippen LogP contribution in [-0.2, 0) is 64.0 Å². The second kappa shape index (κ2) is 31.6. The Kier molecular flexibility index (Phi) is 23.3. The molecule has 2 aromatic heterocycles. The standard InChI is InChI=1S/C64H75N13O8S2/c1-38(2)56-64(85)76-55(62(83)72-51(57(67)78)30-40-16-14-22-44(28-40)42-19-7-4-8-20-42)36-87-86-35-54(75-58(79)48(66)29-39-15-13-21-43(27-39)41-17-5-3-6-18-41)63(84)74-53(32-46-34-68-37-70-46)61(82)73-52(31-45-33-69-49-24-10-9-23-47(45)49)60(81)71-50(59(80)77-56)25-11-12-26-65/h3-10,13-24,27-28,33-34,37-38,48,50-56,69H,11-12,25-26,29-32,35-36,65-66H2,1-2H3,(H2,67,78)(H,68,70)(H,71,81)(H,72,83)(H,73,82)(H,74,84)(H,75,79)(H,76,85)(H,77,80)/t48-,50+,51-,52-,53+,54+,55-,56-/m0/s1. The first-order chi connectivity index (χ1) is 42.0. The molecular weight excluding hydrogens is 1140 g/mol. The molecule has 0 saturated carbocycles. The maximum atomic E-state index is 14.9. The van der Waals surface area contributed by atoms with E-state index in [9.17, 15) is 38.4 Å². The Balaban J connectivity index is 1.12. The van der Waals surface area contributed by atoms with Crippen molar-refractivity contribution in [1.29, 1.82) is 0 Å². The number of carbonyl (C=O) groups excluding carboxylic acids is 8. The highest BCUT2D eigenvalue weighted by atomic mass is 33.1. The average molecular weight is 1220 g/mol. The number of hydrogen-bond donors (Lipinski definition) is 12. The van der Waals surface area contributed by atoms with Gasteiger partial charge in [-0.15, -0.1) is 0 Å². The first-order valence-electron chi connectivity index (χ1n) is 29.0. The lowest BCUT2D eigenvalue weighted by atomic mass is 9.99. The fourth-order valence-corrected chi connectivity index (χ4v) is 12.5. The van der Waals surface area contributed by atoms with Crippen LogP contribution in [0.2, 0.25) is 0 Å². The van der Waals surface area contributed by atoms with Crippen LogP contribution in [0.5, 0.6) is 0 Å². The van der Waals surface area contributed by atoms with Gasteiger partial charge in [-0.2, -0.15) is 0 Å². The predicted octanol–water partition coefficient (Wildman–Crippen LogP) is 3.88. The Labute approximate surface area is 512 Å². The zero-order chi connectivity index (χ0) is 61.8. The van der Waals surface area contributed by atoms with Crippen LogP contribution in [0.1, 0.15) is 55.5 Å². The minimum absolute atomic E-state index is 0.00532. The van der Waals surface area contributed by atoms with E-state index < -0.39 is 102 Å². The maximum absolute atomic E-state index is 14.9. The monoisotopic (exact) mass is 1220 g/mol. The van der Waals surface area contributed by atoms with Gasteiger partial charge in [0.2, 0.25) is 47.3 Å². The van der Waals surface area contributed by atoms with E-state index in [1.807, 2.05) is 133 Å². The maximum Gasteiger partial charge on any atom is 0.244 e. The zero-order valence-electron chi connectivity index (χ0n) is 48.5. The predicted molar refractivity (Wildman–Crippen MR) is 339 cm³/mol. The van der Waals surface area contributed by atoms with Crippen LogP contribution in [-0.4, -0.2) is 129 Å². The summed E-state index contributed by atoms with van der Waals surface area (Å²) >= 11 is 0. The number of fused-ring (bicyclic) bond motifs is 1. The van der Waals surface area contributed by atoms with Gasteiger partial charge in [0.1, 0.15) is 42.3 Å². The molecule has 15 N–H and O–H groups in total. The molecule has 8 atom stereocenters. The minimum Gasteiger partial charge on any atom is -0.368 e. The highest BCUT2D eigenvalue weighted by Gasteiger charge is 2.36. The molecule has 0 bridgehead atoms. The molecule has 1 aliphatic heterocycles. The van der Waals surface area contributed by atoms with Gasteiger partial charge >= 0.3 is 0 Å². The number of nitrogens with one attached hydrogen (secondary N) is 9. The molecule has 8 rings (SSSR count). The van der Waals surface area contributed by atoms with Crippen LogP contribution < -0.4 is 54.4 Å². The number of hydrogen-bond acceptors (Lipinski definition) is 13. The Bertz CT molecular complexity index is 3480. The lowest BCUT2D eigenvalue weighted by Gasteiger charge is -2.29. The number of aromatic amines is 2. The molecule has 0 spiro atoms. The Morgan fingerprint density at radius 2 is 1.22 bits per heavy atom. The molecule has 456 valence electrons. The fraction of sp³-hybridized carbons (Fsp3) is 0.328. The molecular formula is C64H75N13O8S2. The smallest absolute Gasteiger partial charge is 0.244 e. The largest absolute Gasteiger partial charge is 0.368 e. The highest BCUT2D eigenvalue weighted by molar-refractivity contribution is 8.76. The second-order valence-corrected chi connectivity index (χ2v) is 24.4. The summed E-state index contributed by atoms with van der Waals surface area (Å²) in [4.78, 5) is 126. The van der Waals surface area contributed by atoms with Crippen molar-refractivity contribution < 1.29 is 38.4 Å². The molecule has 3 heterocycles. The summed E-state index contributed by atoms with van der Waals surface area (Å²) in [5.41, 5.74) is 25.5. The van der Waals surface area contributed by atoms with Crippen molar-refractivity contribution in [2.45, 2.75) is 107 Å². The molecule has 7 aromatic rings. The third-order valence-corrected chi connectivity index (χ3v) is 17.4. The molecule has 0 radical (unpaired) electrons. The number of unbranched alkanes of at least 4 members (excludes halogenated alkanes) is 1. The number of aromatic nitrogens is 3. The van der Waals surface area contributed by atoms with Gasteiger partial charge in [-0.3, -0.25) is 38.4 Å². The van der Waals surface area contributed by atoms with E-state index in [2.05, 4.69) is 52.2 Å². The van der Waals surface area contributed by atoms with Crippen LogP contribution in [0.25, 0.3) is 33.2 Å². The number of nitrogens with zero attached hydrogens (tertiary/aromatic N) is 1. The van der Waals surface area contributed by atoms with Gasteiger partial charge in [-0.05, 0) is 83.2 Å². The third-order valence-electron chi connectivity index (χ3n) is 14.9. The number of carbonyl (C=O) groups is 8. The van der Waals surface area contributed by atoms with Crippen LogP contribution in [0.15, 0.2) is 152 Å². The van der Waals surface area contributed by atoms with Gasteiger partial charge in [-0.25, -0.2) is 4.98 Å². The van der Waals surface area contributed by atoms with E-state index in [0.717, 1.165) is 60.3 Å². The molecule has 1 aliphatic rings. The number of para-hydroxylation sites is 1. The Morgan fingerprint density at radius 3 is 1.85 bits per heavy atom. The molecule has 5 aromatic carbocycles. The van der Waals surface area contributed by atoms with Crippen molar-refractivity contribution in [1.82, 2.24) is 52.2 Å². The van der Waals surface area contributed by atoms with E-state index in [1.54, 1.807) is 20.0 Å². The summed E-state index contributed by atoms with van der Waals surface area (Å²) in [5.74, 6) is -6.97. The molecule has 21 nitrogen and oxygen atoms in total. The number of nitrogens with two attached hydrogens (primary N) is 3. The van der Waals surface area contributed by atoms with Crippen molar-refractivity contribution in [2.75, 3.05) is 18.1 Å². The quantitative estimate of drug-likeness (QED) is 0.0381. The average Bonchev–Trinajstić information content (AvgIpc) is 3.73. The number of rotatable bonds is 20. The summed E-state index contributed by atoms with van der Waals surface area (Å²) in [6.45, 7) is 3.70. The first kappa shape index (κ1) is 64.2. The van der Waals surface area contributed by atoms with Gasteiger partial charge in [0.25, 0.3) is 0 Å². The van der Waals surface area contributed by atoms with Gasteiger partial charge < -0.3 is 64.4 Å². The first-order valence-corrected chi connectivity index (χ1v) is 31.4. The molecule has 23 heteroatoms. The van der Waals surface area contributed by atoms with Crippen molar-refractivity contribution in [3.05, 3.63) is 175 Å². The molecule has 8 amide bonds. The van der Waals surface area contributed by atoms with Crippen molar-refractivity contribution in [3.8, 4) is 22.3 Å². The Morgan fingerprint density at radius 1 is 0.632 bits per heavy atom. The van der Waals surface area contributed by atoms with E-state index in [1.165, 1.54) is 12.5 Å². The summed E-state index contributed by atoms with van der Waals surface area (Å²) in [6.07, 6.45) is 5.49. The summed E-state index contributed by atoms with van der Waals surface area (Å²) in [5, 5.41) is 20.5.